The van der Waals surface area contributed by atoms with Crippen molar-refractivity contribution in [3.8, 4) is 0 Å². The molecule has 1 aromatic carbocycles. The van der Waals surface area contributed by atoms with Crippen LogP contribution in [0.25, 0.3) is 0 Å². The van der Waals surface area contributed by atoms with Gasteiger partial charge in [-0.3, -0.25) is 5.32 Å². The fourth-order valence-electron chi connectivity index (χ4n) is 3.05. The van der Waals surface area contributed by atoms with Crippen LogP contribution in [0.1, 0.15) is 24.2 Å². The van der Waals surface area contributed by atoms with Crippen LogP contribution in [0.2, 0.25) is 5.02 Å². The van der Waals surface area contributed by atoms with Crippen LogP contribution < -0.4 is 5.32 Å². The number of halogens is 2. The molecule has 2 aromatic rings. The zero-order valence-corrected chi connectivity index (χ0v) is 14.8. The van der Waals surface area contributed by atoms with E-state index in [1.807, 2.05) is 0 Å². The number of amides is 2. The first kappa shape index (κ1) is 17.6. The number of aromatic nitrogens is 2. The minimum absolute atomic E-state index is 0.158. The summed E-state index contributed by atoms with van der Waals surface area (Å²) in [5.41, 5.74) is 0.684. The van der Waals surface area contributed by atoms with Gasteiger partial charge < -0.3 is 4.90 Å². The molecule has 1 aliphatic rings. The van der Waals surface area contributed by atoms with Crippen molar-refractivity contribution in [2.45, 2.75) is 26.2 Å². The fourth-order valence-corrected chi connectivity index (χ4v) is 3.21. The van der Waals surface area contributed by atoms with Gasteiger partial charge in [0.25, 0.3) is 0 Å². The summed E-state index contributed by atoms with van der Waals surface area (Å²) in [4.78, 5) is 22.3. The van der Waals surface area contributed by atoms with E-state index >= 15 is 0 Å². The highest BCUT2D eigenvalue weighted by molar-refractivity contribution is 6.30. The summed E-state index contributed by atoms with van der Waals surface area (Å²) in [6, 6.07) is 6.32. The standard InChI is InChI=1S/C18H20ClFN4O/c1-12-21-7-4-17(22-12)23-18(25)24-8-5-13(6-9-24)10-14-2-3-15(19)11-16(14)20/h2-4,7,11,13H,5-6,8-10H2,1H3,(H,21,22,23,25). The van der Waals surface area contributed by atoms with E-state index in [1.165, 1.54) is 6.07 Å². The van der Waals surface area contributed by atoms with Gasteiger partial charge in [0.05, 0.1) is 0 Å². The van der Waals surface area contributed by atoms with Crippen LogP contribution in [-0.4, -0.2) is 34.0 Å². The Bertz CT molecular complexity index is 762. The molecular weight excluding hydrogens is 343 g/mol. The number of carbonyl (C=O) groups is 1. The molecule has 5 nitrogen and oxygen atoms in total. The number of nitrogens with zero attached hydrogens (tertiary/aromatic N) is 3. The van der Waals surface area contributed by atoms with Crippen LogP contribution in [0.5, 0.6) is 0 Å². The number of nitrogens with one attached hydrogen (secondary N) is 1. The van der Waals surface area contributed by atoms with Gasteiger partial charge in [0, 0.05) is 24.3 Å². The topological polar surface area (TPSA) is 58.1 Å². The maximum absolute atomic E-state index is 13.9. The number of piperidine rings is 1. The number of benzene rings is 1. The molecule has 2 heterocycles. The van der Waals surface area contributed by atoms with Gasteiger partial charge in [-0.2, -0.15) is 0 Å². The number of rotatable bonds is 3. The van der Waals surface area contributed by atoms with Gasteiger partial charge in [0.1, 0.15) is 17.5 Å². The Kier molecular flexibility index (Phi) is 5.48. The normalized spacial score (nSPS) is 15.2. The van der Waals surface area contributed by atoms with Crippen molar-refractivity contribution < 1.29 is 9.18 Å². The molecule has 1 N–H and O–H groups in total. The lowest BCUT2D eigenvalue weighted by molar-refractivity contribution is 0.182. The third-order valence-corrected chi connectivity index (χ3v) is 4.67. The molecule has 132 valence electrons. The first-order chi connectivity index (χ1) is 12.0. The molecule has 7 heteroatoms. The zero-order chi connectivity index (χ0) is 17.8. The van der Waals surface area contributed by atoms with Crippen LogP contribution in [-0.2, 0) is 6.42 Å². The molecule has 1 aliphatic heterocycles. The molecule has 1 fully saturated rings. The summed E-state index contributed by atoms with van der Waals surface area (Å²) in [5.74, 6) is 1.22. The van der Waals surface area contributed by atoms with E-state index in [0.29, 0.717) is 47.7 Å². The Morgan fingerprint density at radius 1 is 1.36 bits per heavy atom. The van der Waals surface area contributed by atoms with E-state index in [-0.39, 0.29) is 11.8 Å². The Morgan fingerprint density at radius 3 is 2.80 bits per heavy atom. The minimum Gasteiger partial charge on any atom is -0.324 e. The lowest BCUT2D eigenvalue weighted by Crippen LogP contribution is -2.41. The Labute approximate surface area is 151 Å². The molecule has 1 saturated heterocycles. The van der Waals surface area contributed by atoms with Gasteiger partial charge in [-0.1, -0.05) is 17.7 Å². The summed E-state index contributed by atoms with van der Waals surface area (Å²) in [5, 5.41) is 3.20. The minimum atomic E-state index is -0.258. The van der Waals surface area contributed by atoms with E-state index in [1.54, 1.807) is 36.2 Å². The highest BCUT2D eigenvalue weighted by Crippen LogP contribution is 2.24. The van der Waals surface area contributed by atoms with Gasteiger partial charge in [-0.25, -0.2) is 19.2 Å². The second-order valence-corrected chi connectivity index (χ2v) is 6.73. The molecule has 0 saturated carbocycles. The lowest BCUT2D eigenvalue weighted by Gasteiger charge is -2.32. The number of hydrogen-bond acceptors (Lipinski definition) is 3. The number of carbonyl (C=O) groups excluding carboxylic acids is 1. The average molecular weight is 363 g/mol. The maximum atomic E-state index is 13.9. The van der Waals surface area contributed by atoms with Crippen molar-refractivity contribution in [1.29, 1.82) is 0 Å². The van der Waals surface area contributed by atoms with Crippen LogP contribution in [0, 0.1) is 18.7 Å². The highest BCUT2D eigenvalue weighted by Gasteiger charge is 2.24. The predicted molar refractivity (Wildman–Crippen MR) is 95.2 cm³/mol. The fraction of sp³-hybridized carbons (Fsp3) is 0.389. The van der Waals surface area contributed by atoms with Crippen molar-refractivity contribution in [2.24, 2.45) is 5.92 Å². The third-order valence-electron chi connectivity index (χ3n) is 4.44. The second kappa shape index (κ2) is 7.78. The van der Waals surface area contributed by atoms with Gasteiger partial charge in [-0.05, 0) is 55.9 Å². The van der Waals surface area contributed by atoms with E-state index in [9.17, 15) is 9.18 Å². The smallest absolute Gasteiger partial charge is 0.323 e. The van der Waals surface area contributed by atoms with E-state index in [4.69, 9.17) is 11.6 Å². The van der Waals surface area contributed by atoms with Crippen LogP contribution in [0.15, 0.2) is 30.5 Å². The summed E-state index contributed by atoms with van der Waals surface area (Å²) in [6.45, 7) is 3.07. The number of hydrogen-bond donors (Lipinski definition) is 1. The summed E-state index contributed by atoms with van der Waals surface area (Å²) < 4.78 is 13.9. The first-order valence-corrected chi connectivity index (χ1v) is 8.68. The van der Waals surface area contributed by atoms with Crippen molar-refractivity contribution >= 4 is 23.4 Å². The zero-order valence-electron chi connectivity index (χ0n) is 14.0. The third kappa shape index (κ3) is 4.66. The first-order valence-electron chi connectivity index (χ1n) is 8.31. The Balaban J connectivity index is 1.52. The molecule has 0 radical (unpaired) electrons. The van der Waals surface area contributed by atoms with Crippen molar-refractivity contribution in [3.05, 3.63) is 52.7 Å². The molecule has 25 heavy (non-hydrogen) atoms. The molecule has 0 aliphatic carbocycles. The van der Waals surface area contributed by atoms with Gasteiger partial charge in [0.2, 0.25) is 0 Å². The van der Waals surface area contributed by atoms with Crippen molar-refractivity contribution in [2.75, 3.05) is 18.4 Å². The predicted octanol–water partition coefficient (Wildman–Crippen LogP) is 4.06. The van der Waals surface area contributed by atoms with Gasteiger partial charge in [-0.15, -0.1) is 0 Å². The summed E-state index contributed by atoms with van der Waals surface area (Å²) >= 11 is 5.79. The quantitative estimate of drug-likeness (QED) is 0.895. The van der Waals surface area contributed by atoms with Gasteiger partial charge >= 0.3 is 6.03 Å². The van der Waals surface area contributed by atoms with Gasteiger partial charge in [0.15, 0.2) is 0 Å². The Morgan fingerprint density at radius 2 is 2.12 bits per heavy atom. The largest absolute Gasteiger partial charge is 0.324 e. The lowest BCUT2D eigenvalue weighted by atomic mass is 9.90. The van der Waals surface area contributed by atoms with E-state index in [0.717, 1.165) is 12.8 Å². The molecule has 0 spiro atoms. The molecule has 0 unspecified atom stereocenters. The Hall–Kier alpha value is -2.21. The maximum Gasteiger partial charge on any atom is 0.323 e. The molecule has 2 amide bonds. The van der Waals surface area contributed by atoms with Crippen LogP contribution in [0.4, 0.5) is 15.0 Å². The SMILES string of the molecule is Cc1nccc(NC(=O)N2CCC(Cc3ccc(Cl)cc3F)CC2)n1. The number of likely N-dealkylation sites (tertiary alicyclic amines) is 1. The van der Waals surface area contributed by atoms with E-state index in [2.05, 4.69) is 15.3 Å². The second-order valence-electron chi connectivity index (χ2n) is 6.29. The summed E-state index contributed by atoms with van der Waals surface area (Å²) in [6.07, 6.45) is 3.98. The van der Waals surface area contributed by atoms with Crippen molar-refractivity contribution in [3.63, 3.8) is 0 Å². The molecule has 0 atom stereocenters. The van der Waals surface area contributed by atoms with Crippen LogP contribution >= 0.6 is 11.6 Å². The number of urea groups is 1. The molecule has 3 rings (SSSR count). The van der Waals surface area contributed by atoms with E-state index < -0.39 is 0 Å². The average Bonchev–Trinajstić information content (AvgIpc) is 2.58. The van der Waals surface area contributed by atoms with Crippen LogP contribution in [0.3, 0.4) is 0 Å². The molecular formula is C18H20ClFN4O. The monoisotopic (exact) mass is 362 g/mol. The summed E-state index contributed by atoms with van der Waals surface area (Å²) in [7, 11) is 0. The highest BCUT2D eigenvalue weighted by atomic mass is 35.5. The van der Waals surface area contributed by atoms with Crippen molar-refractivity contribution in [1.82, 2.24) is 14.9 Å². The number of aryl methyl sites for hydroxylation is 1. The molecule has 1 aromatic heterocycles. The number of anilines is 1. The molecule has 0 bridgehead atoms.